The Bertz CT molecular complexity index is 1050. The van der Waals surface area contributed by atoms with E-state index in [0.29, 0.717) is 0 Å². The van der Waals surface area contributed by atoms with Crippen molar-refractivity contribution < 1.29 is 4.92 Å². The third-order valence-electron chi connectivity index (χ3n) is 5.67. The number of nitrogens with one attached hydrogen (secondary N) is 1. The Labute approximate surface area is 158 Å². The first-order chi connectivity index (χ1) is 12.9. The molecule has 5 nitrogen and oxygen atoms in total. The molecular weight excluding hydrogens is 338 g/mol. The van der Waals surface area contributed by atoms with Gasteiger partial charge in [0.2, 0.25) is 6.54 Å². The lowest BCUT2D eigenvalue weighted by Gasteiger charge is -2.25. The van der Waals surface area contributed by atoms with Gasteiger partial charge in [-0.3, -0.25) is 10.1 Å². The van der Waals surface area contributed by atoms with E-state index >= 15 is 0 Å². The second-order valence-electron chi connectivity index (χ2n) is 7.66. The zero-order valence-electron chi connectivity index (χ0n) is 15.8. The molecule has 2 aromatic carbocycles. The molecule has 1 aromatic heterocycles. The summed E-state index contributed by atoms with van der Waals surface area (Å²) in [6, 6.07) is 16.3. The molecule has 138 valence electrons. The minimum absolute atomic E-state index is 0.133. The fourth-order valence-corrected chi connectivity index (χ4v) is 4.29. The highest BCUT2D eigenvalue weighted by Gasteiger charge is 2.39. The number of nitrogens with zero attached hydrogens (tertiary/aromatic N) is 2. The average Bonchev–Trinajstić information content (AvgIpc) is 3.15. The number of hydrogen-bond donors (Lipinski definition) is 1. The molecule has 0 radical (unpaired) electrons. The van der Waals surface area contributed by atoms with Crippen molar-refractivity contribution in [1.29, 1.82) is 0 Å². The molecule has 0 amide bonds. The molecule has 4 rings (SSSR count). The van der Waals surface area contributed by atoms with Gasteiger partial charge in [0, 0.05) is 45.9 Å². The number of benzene rings is 2. The molecule has 0 bridgehead atoms. The monoisotopic (exact) mass is 361 g/mol. The molecule has 2 heterocycles. The van der Waals surface area contributed by atoms with E-state index in [1.54, 1.807) is 0 Å². The lowest BCUT2D eigenvalue weighted by Crippen LogP contribution is -2.24. The van der Waals surface area contributed by atoms with Crippen LogP contribution in [0, 0.1) is 10.1 Å². The maximum absolute atomic E-state index is 11.4. The predicted octanol–water partition coefficient (Wildman–Crippen LogP) is 4.84. The number of aromatic amines is 1. The van der Waals surface area contributed by atoms with E-state index in [-0.39, 0.29) is 22.8 Å². The van der Waals surface area contributed by atoms with E-state index in [1.165, 1.54) is 5.56 Å². The number of likely N-dealkylation sites (N-methyl/N-ethyl adjacent to an activating group) is 1. The SMILES string of the molecule is CN1/C(=C\[C@H](C[N+](=O)[O-])c2c[nH]c3ccccc23)C(C)(C)c2ccccc21. The zero-order valence-corrected chi connectivity index (χ0v) is 15.8. The van der Waals surface area contributed by atoms with E-state index in [2.05, 4.69) is 41.9 Å². The Balaban J connectivity index is 1.84. The standard InChI is InChI=1S/C22H23N3O2/c1-22(2)18-9-5-7-11-20(18)24(3)21(22)12-15(14-25(26)27)17-13-23-19-10-6-4-8-16(17)19/h4-13,15,23H,14H2,1-3H3/b21-12-/t15-/m1/s1. The van der Waals surface area contributed by atoms with Crippen LogP contribution in [0.4, 0.5) is 5.69 Å². The largest absolute Gasteiger partial charge is 0.361 e. The molecule has 27 heavy (non-hydrogen) atoms. The summed E-state index contributed by atoms with van der Waals surface area (Å²) in [7, 11) is 2.04. The smallest absolute Gasteiger partial charge is 0.214 e. The van der Waals surface area contributed by atoms with Crippen LogP contribution in [0.15, 0.2) is 66.5 Å². The summed E-state index contributed by atoms with van der Waals surface area (Å²) in [6.45, 7) is 4.23. The van der Waals surface area contributed by atoms with Crippen LogP contribution in [0.25, 0.3) is 10.9 Å². The quantitative estimate of drug-likeness (QED) is 0.534. The van der Waals surface area contributed by atoms with Crippen molar-refractivity contribution in [2.75, 3.05) is 18.5 Å². The lowest BCUT2D eigenvalue weighted by atomic mass is 9.82. The van der Waals surface area contributed by atoms with Gasteiger partial charge in [-0.2, -0.15) is 0 Å². The molecule has 0 unspecified atom stereocenters. The third kappa shape index (κ3) is 2.79. The lowest BCUT2D eigenvalue weighted by molar-refractivity contribution is -0.481. The van der Waals surface area contributed by atoms with Gasteiger partial charge in [0.15, 0.2) is 0 Å². The first-order valence-corrected chi connectivity index (χ1v) is 9.13. The number of H-pyrrole nitrogens is 1. The summed E-state index contributed by atoms with van der Waals surface area (Å²) in [5.74, 6) is -0.304. The number of allylic oxidation sites excluding steroid dienone is 1. The highest BCUT2D eigenvalue weighted by Crippen LogP contribution is 2.47. The molecule has 0 aliphatic carbocycles. The van der Waals surface area contributed by atoms with E-state index < -0.39 is 0 Å². The highest BCUT2D eigenvalue weighted by molar-refractivity contribution is 5.84. The number of fused-ring (bicyclic) bond motifs is 2. The summed E-state index contributed by atoms with van der Waals surface area (Å²) in [4.78, 5) is 16.6. The molecule has 1 N–H and O–H groups in total. The number of rotatable bonds is 4. The van der Waals surface area contributed by atoms with Crippen LogP contribution in [-0.2, 0) is 5.41 Å². The van der Waals surface area contributed by atoms with Crippen molar-refractivity contribution in [3.8, 4) is 0 Å². The number of para-hydroxylation sites is 2. The van der Waals surface area contributed by atoms with E-state index in [9.17, 15) is 10.1 Å². The number of anilines is 1. The molecule has 0 saturated carbocycles. The number of aromatic nitrogens is 1. The molecule has 0 saturated heterocycles. The van der Waals surface area contributed by atoms with Gasteiger partial charge in [-0.05, 0) is 29.3 Å². The van der Waals surface area contributed by atoms with E-state index in [0.717, 1.165) is 27.9 Å². The zero-order chi connectivity index (χ0) is 19.2. The van der Waals surface area contributed by atoms with Crippen LogP contribution in [0.1, 0.15) is 30.9 Å². The summed E-state index contributed by atoms with van der Waals surface area (Å²) in [5, 5.41) is 12.5. The Morgan fingerprint density at radius 2 is 1.89 bits per heavy atom. The van der Waals surface area contributed by atoms with Crippen LogP contribution in [0.5, 0.6) is 0 Å². The van der Waals surface area contributed by atoms with Gasteiger partial charge in [0.05, 0.1) is 5.92 Å². The Kier molecular flexibility index (Phi) is 4.02. The fourth-order valence-electron chi connectivity index (χ4n) is 4.29. The van der Waals surface area contributed by atoms with Crippen molar-refractivity contribution in [3.05, 3.63) is 87.7 Å². The normalized spacial score (nSPS) is 18.0. The van der Waals surface area contributed by atoms with Gasteiger partial charge in [0.25, 0.3) is 0 Å². The van der Waals surface area contributed by atoms with Gasteiger partial charge in [0.1, 0.15) is 0 Å². The number of hydrogen-bond acceptors (Lipinski definition) is 3. The Morgan fingerprint density at radius 3 is 2.63 bits per heavy atom. The van der Waals surface area contributed by atoms with Crippen molar-refractivity contribution >= 4 is 16.6 Å². The first kappa shape index (κ1) is 17.3. The van der Waals surface area contributed by atoms with Gasteiger partial charge in [-0.15, -0.1) is 0 Å². The molecule has 1 aliphatic rings. The van der Waals surface area contributed by atoms with Gasteiger partial charge < -0.3 is 9.88 Å². The molecule has 3 aromatic rings. The summed E-state index contributed by atoms with van der Waals surface area (Å²) in [6.07, 6.45) is 3.99. The van der Waals surface area contributed by atoms with Crippen molar-refractivity contribution in [2.45, 2.75) is 25.2 Å². The van der Waals surface area contributed by atoms with Gasteiger partial charge >= 0.3 is 0 Å². The molecule has 0 fully saturated rings. The minimum Gasteiger partial charge on any atom is -0.361 e. The summed E-state index contributed by atoms with van der Waals surface area (Å²) in [5.41, 5.74) is 5.27. The van der Waals surface area contributed by atoms with Crippen LogP contribution < -0.4 is 4.90 Å². The van der Waals surface area contributed by atoms with E-state index in [1.807, 2.05) is 49.6 Å². The highest BCUT2D eigenvalue weighted by atomic mass is 16.6. The van der Waals surface area contributed by atoms with Gasteiger partial charge in [-0.25, -0.2) is 0 Å². The topological polar surface area (TPSA) is 62.2 Å². The van der Waals surface area contributed by atoms with Crippen molar-refractivity contribution in [3.63, 3.8) is 0 Å². The maximum atomic E-state index is 11.4. The van der Waals surface area contributed by atoms with Gasteiger partial charge in [-0.1, -0.05) is 50.2 Å². The van der Waals surface area contributed by atoms with Crippen molar-refractivity contribution in [1.82, 2.24) is 4.98 Å². The van der Waals surface area contributed by atoms with Crippen molar-refractivity contribution in [2.24, 2.45) is 0 Å². The van der Waals surface area contributed by atoms with Crippen LogP contribution in [0.3, 0.4) is 0 Å². The first-order valence-electron chi connectivity index (χ1n) is 9.13. The predicted molar refractivity (Wildman–Crippen MR) is 109 cm³/mol. The summed E-state index contributed by atoms with van der Waals surface area (Å²) >= 11 is 0. The van der Waals surface area contributed by atoms with E-state index in [4.69, 9.17) is 0 Å². The minimum atomic E-state index is -0.304. The maximum Gasteiger partial charge on any atom is 0.214 e. The third-order valence-corrected chi connectivity index (χ3v) is 5.67. The van der Waals surface area contributed by atoms with Crippen LogP contribution in [0.2, 0.25) is 0 Å². The second kappa shape index (κ2) is 6.27. The number of nitro groups is 1. The molecule has 1 atom stereocenters. The molecule has 1 aliphatic heterocycles. The Hall–Kier alpha value is -3.08. The Morgan fingerprint density at radius 1 is 1.19 bits per heavy atom. The second-order valence-corrected chi connectivity index (χ2v) is 7.66. The fraction of sp³-hybridized carbons (Fsp3) is 0.273. The van der Waals surface area contributed by atoms with Crippen LogP contribution in [-0.4, -0.2) is 23.5 Å². The molecular formula is C22H23N3O2. The van der Waals surface area contributed by atoms with Crippen LogP contribution >= 0.6 is 0 Å². The molecule has 0 spiro atoms. The molecule has 5 heteroatoms. The average molecular weight is 361 g/mol. The summed E-state index contributed by atoms with van der Waals surface area (Å²) < 4.78 is 0.